The lowest BCUT2D eigenvalue weighted by molar-refractivity contribution is 0.303. The fourth-order valence-corrected chi connectivity index (χ4v) is 3.47. The van der Waals surface area contributed by atoms with Crippen molar-refractivity contribution in [3.63, 3.8) is 0 Å². The number of thiophene rings is 1. The van der Waals surface area contributed by atoms with Crippen LogP contribution in [0.2, 0.25) is 0 Å². The fourth-order valence-electron chi connectivity index (χ4n) is 2.69. The first-order chi connectivity index (χ1) is 10.2. The van der Waals surface area contributed by atoms with Gasteiger partial charge in [-0.25, -0.2) is 0 Å². The van der Waals surface area contributed by atoms with E-state index in [0.717, 1.165) is 26.1 Å². The molecule has 2 aromatic rings. The van der Waals surface area contributed by atoms with Gasteiger partial charge in [0.2, 0.25) is 0 Å². The maximum atomic E-state index is 3.63. The van der Waals surface area contributed by atoms with E-state index in [0.29, 0.717) is 6.04 Å². The van der Waals surface area contributed by atoms with E-state index >= 15 is 0 Å². The third-order valence-electron chi connectivity index (χ3n) is 3.82. The topological polar surface area (TPSA) is 15.3 Å². The summed E-state index contributed by atoms with van der Waals surface area (Å²) < 4.78 is 0. The number of hydrogen-bond donors (Lipinski definition) is 1. The van der Waals surface area contributed by atoms with Gasteiger partial charge >= 0.3 is 0 Å². The van der Waals surface area contributed by atoms with E-state index in [4.69, 9.17) is 0 Å². The Kier molecular flexibility index (Phi) is 6.43. The van der Waals surface area contributed by atoms with Gasteiger partial charge in [0.1, 0.15) is 0 Å². The van der Waals surface area contributed by atoms with Crippen LogP contribution in [0.4, 0.5) is 0 Å². The molecule has 1 heterocycles. The fraction of sp³-hybridized carbons (Fsp3) is 0.444. The maximum Gasteiger partial charge on any atom is 0.0334 e. The first-order valence-corrected chi connectivity index (χ1v) is 8.58. The molecule has 2 nitrogen and oxygen atoms in total. The lowest BCUT2D eigenvalue weighted by atomic mass is 9.98. The number of rotatable bonds is 8. The highest BCUT2D eigenvalue weighted by atomic mass is 32.1. The molecule has 0 fully saturated rings. The van der Waals surface area contributed by atoms with Crippen LogP contribution in [0.25, 0.3) is 0 Å². The van der Waals surface area contributed by atoms with Crippen LogP contribution >= 0.6 is 11.3 Å². The molecule has 0 aliphatic rings. The summed E-state index contributed by atoms with van der Waals surface area (Å²) in [5.41, 5.74) is 2.81. The second kappa shape index (κ2) is 8.32. The summed E-state index contributed by atoms with van der Waals surface area (Å²) in [4.78, 5) is 3.85. The van der Waals surface area contributed by atoms with E-state index in [1.165, 1.54) is 16.0 Å². The second-order valence-electron chi connectivity index (χ2n) is 5.57. The smallest absolute Gasteiger partial charge is 0.0334 e. The molecular weight excluding hydrogens is 276 g/mol. The first kappa shape index (κ1) is 16.2. The molecule has 21 heavy (non-hydrogen) atoms. The monoisotopic (exact) mass is 302 g/mol. The largest absolute Gasteiger partial charge is 0.310 e. The van der Waals surface area contributed by atoms with Crippen LogP contribution in [0.15, 0.2) is 41.8 Å². The maximum absolute atomic E-state index is 3.63. The summed E-state index contributed by atoms with van der Waals surface area (Å²) in [5, 5.41) is 5.78. The van der Waals surface area contributed by atoms with Crippen LogP contribution in [-0.4, -0.2) is 25.0 Å². The highest BCUT2D eigenvalue weighted by Crippen LogP contribution is 2.21. The van der Waals surface area contributed by atoms with Crippen LogP contribution in [0, 0.1) is 6.92 Å². The Labute approximate surface area is 132 Å². The molecule has 0 saturated carbocycles. The van der Waals surface area contributed by atoms with Gasteiger partial charge in [0, 0.05) is 24.0 Å². The molecule has 1 atom stereocenters. The van der Waals surface area contributed by atoms with E-state index in [9.17, 15) is 0 Å². The van der Waals surface area contributed by atoms with Crippen LogP contribution in [0.3, 0.4) is 0 Å². The van der Waals surface area contributed by atoms with Crippen molar-refractivity contribution in [1.82, 2.24) is 10.2 Å². The van der Waals surface area contributed by atoms with Gasteiger partial charge in [0.25, 0.3) is 0 Å². The standard InChI is InChI=1S/C18H26N2S/c1-4-19-18(17-10-6-5-8-15(17)2)11-12-20(3)14-16-9-7-13-21-16/h5-10,13,18-19H,4,11-12,14H2,1-3H3. The van der Waals surface area contributed by atoms with Crippen LogP contribution in [-0.2, 0) is 6.54 Å². The van der Waals surface area contributed by atoms with E-state index in [1.807, 2.05) is 11.3 Å². The summed E-state index contributed by atoms with van der Waals surface area (Å²) in [6, 6.07) is 13.5. The zero-order chi connectivity index (χ0) is 15.1. The number of nitrogens with one attached hydrogen (secondary N) is 1. The molecule has 1 N–H and O–H groups in total. The van der Waals surface area contributed by atoms with E-state index < -0.39 is 0 Å². The van der Waals surface area contributed by atoms with Crippen LogP contribution < -0.4 is 5.32 Å². The Morgan fingerprint density at radius 3 is 2.67 bits per heavy atom. The molecule has 3 heteroatoms. The molecular formula is C18H26N2S. The molecule has 0 spiro atoms. The van der Waals surface area contributed by atoms with Gasteiger partial charge in [-0.2, -0.15) is 0 Å². The van der Waals surface area contributed by atoms with Crippen molar-refractivity contribution < 1.29 is 0 Å². The molecule has 0 amide bonds. The Morgan fingerprint density at radius 2 is 2.00 bits per heavy atom. The van der Waals surface area contributed by atoms with Crippen molar-refractivity contribution in [1.29, 1.82) is 0 Å². The predicted octanol–water partition coefficient (Wildman–Crippen LogP) is 4.23. The second-order valence-corrected chi connectivity index (χ2v) is 6.60. The summed E-state index contributed by atoms with van der Waals surface area (Å²) >= 11 is 1.84. The van der Waals surface area contributed by atoms with Gasteiger partial charge in [-0.3, -0.25) is 0 Å². The normalized spacial score (nSPS) is 12.8. The van der Waals surface area contributed by atoms with Crippen molar-refractivity contribution in [2.75, 3.05) is 20.1 Å². The minimum Gasteiger partial charge on any atom is -0.310 e. The molecule has 0 aliphatic carbocycles. The minimum absolute atomic E-state index is 0.446. The molecule has 1 unspecified atom stereocenters. The zero-order valence-corrected chi connectivity index (χ0v) is 14.1. The molecule has 1 aromatic heterocycles. The molecule has 114 valence electrons. The summed E-state index contributed by atoms with van der Waals surface area (Å²) in [6.45, 7) is 7.54. The third kappa shape index (κ3) is 4.95. The number of aryl methyl sites for hydroxylation is 1. The number of benzene rings is 1. The average molecular weight is 302 g/mol. The van der Waals surface area contributed by atoms with Gasteiger partial charge in [-0.05, 0) is 49.5 Å². The summed E-state index contributed by atoms with van der Waals surface area (Å²) in [5.74, 6) is 0. The minimum atomic E-state index is 0.446. The van der Waals surface area contributed by atoms with Crippen LogP contribution in [0.1, 0.15) is 35.4 Å². The molecule has 0 bridgehead atoms. The van der Waals surface area contributed by atoms with Crippen molar-refractivity contribution in [2.24, 2.45) is 0 Å². The van der Waals surface area contributed by atoms with Crippen molar-refractivity contribution in [2.45, 2.75) is 32.9 Å². The Bertz CT molecular complexity index is 522. The van der Waals surface area contributed by atoms with Gasteiger partial charge < -0.3 is 10.2 Å². The van der Waals surface area contributed by atoms with Crippen molar-refractivity contribution >= 4 is 11.3 Å². The van der Waals surface area contributed by atoms with Crippen molar-refractivity contribution in [3.8, 4) is 0 Å². The predicted molar refractivity (Wildman–Crippen MR) is 92.9 cm³/mol. The Morgan fingerprint density at radius 1 is 1.19 bits per heavy atom. The van der Waals surface area contributed by atoms with Gasteiger partial charge in [0.05, 0.1) is 0 Å². The molecule has 1 aromatic carbocycles. The lowest BCUT2D eigenvalue weighted by Gasteiger charge is -2.23. The Hall–Kier alpha value is -1.16. The van der Waals surface area contributed by atoms with Crippen molar-refractivity contribution in [3.05, 3.63) is 57.8 Å². The molecule has 0 radical (unpaired) electrons. The SMILES string of the molecule is CCNC(CCN(C)Cc1cccs1)c1ccccc1C. The quantitative estimate of drug-likeness (QED) is 0.785. The van der Waals surface area contributed by atoms with E-state index in [2.05, 4.69) is 72.9 Å². The molecule has 2 rings (SSSR count). The summed E-state index contributed by atoms with van der Waals surface area (Å²) in [6.07, 6.45) is 1.14. The summed E-state index contributed by atoms with van der Waals surface area (Å²) in [7, 11) is 2.21. The Balaban J connectivity index is 1.92. The van der Waals surface area contributed by atoms with Gasteiger partial charge in [-0.15, -0.1) is 11.3 Å². The van der Waals surface area contributed by atoms with Gasteiger partial charge in [-0.1, -0.05) is 37.3 Å². The highest BCUT2D eigenvalue weighted by Gasteiger charge is 2.13. The third-order valence-corrected chi connectivity index (χ3v) is 4.68. The zero-order valence-electron chi connectivity index (χ0n) is 13.3. The first-order valence-electron chi connectivity index (χ1n) is 7.70. The number of hydrogen-bond acceptors (Lipinski definition) is 3. The van der Waals surface area contributed by atoms with Gasteiger partial charge in [0.15, 0.2) is 0 Å². The van der Waals surface area contributed by atoms with E-state index in [-0.39, 0.29) is 0 Å². The molecule has 0 aliphatic heterocycles. The highest BCUT2D eigenvalue weighted by molar-refractivity contribution is 7.09. The van der Waals surface area contributed by atoms with E-state index in [1.54, 1.807) is 0 Å². The lowest BCUT2D eigenvalue weighted by Crippen LogP contribution is -2.27. The average Bonchev–Trinajstić information content (AvgIpc) is 2.97. The number of nitrogens with zero attached hydrogens (tertiary/aromatic N) is 1. The molecule has 0 saturated heterocycles. The van der Waals surface area contributed by atoms with Crippen LogP contribution in [0.5, 0.6) is 0 Å².